The summed E-state index contributed by atoms with van der Waals surface area (Å²) in [5.74, 6) is -1.83. The fraction of sp³-hybridized carbons (Fsp3) is 0.357. The number of benzene rings is 1. The first-order valence-electron chi connectivity index (χ1n) is 6.72. The molecule has 0 atom stereocenters. The van der Waals surface area contributed by atoms with E-state index in [9.17, 15) is 24.5 Å². The lowest BCUT2D eigenvalue weighted by atomic mass is 10.1. The summed E-state index contributed by atoms with van der Waals surface area (Å²) in [5.41, 5.74) is 0.00579. The molecular weight excluding hydrogens is 290 g/mol. The summed E-state index contributed by atoms with van der Waals surface area (Å²) in [4.78, 5) is 48.0. The van der Waals surface area contributed by atoms with Gasteiger partial charge in [0, 0.05) is 18.2 Å². The average Bonchev–Trinajstić information content (AvgIpc) is 2.65. The lowest BCUT2D eigenvalue weighted by Gasteiger charge is -2.17. The zero-order valence-corrected chi connectivity index (χ0v) is 12.2. The van der Waals surface area contributed by atoms with Crippen molar-refractivity contribution in [3.8, 4) is 0 Å². The van der Waals surface area contributed by atoms with Gasteiger partial charge in [0.2, 0.25) is 0 Å². The fourth-order valence-corrected chi connectivity index (χ4v) is 2.21. The average molecular weight is 305 g/mol. The van der Waals surface area contributed by atoms with Crippen LogP contribution in [0.3, 0.4) is 0 Å². The highest BCUT2D eigenvalue weighted by Gasteiger charge is 2.44. The Morgan fingerprint density at radius 1 is 1.09 bits per heavy atom. The van der Waals surface area contributed by atoms with Crippen molar-refractivity contribution in [2.45, 2.75) is 20.4 Å². The number of rotatable bonds is 5. The molecule has 1 aromatic rings. The second-order valence-electron chi connectivity index (χ2n) is 5.37. The smallest absolute Gasteiger partial charge is 0.263 e. The second kappa shape index (κ2) is 5.92. The van der Waals surface area contributed by atoms with Gasteiger partial charge in [-0.3, -0.25) is 29.5 Å². The number of urea groups is 1. The van der Waals surface area contributed by atoms with E-state index in [2.05, 4.69) is 0 Å². The molecule has 22 heavy (non-hydrogen) atoms. The van der Waals surface area contributed by atoms with E-state index < -0.39 is 22.8 Å². The monoisotopic (exact) mass is 305 g/mol. The minimum Gasteiger partial charge on any atom is -0.263 e. The van der Waals surface area contributed by atoms with Crippen LogP contribution >= 0.6 is 0 Å². The number of hydrogen-bond donors (Lipinski definition) is 0. The Morgan fingerprint density at radius 3 is 2.27 bits per heavy atom. The van der Waals surface area contributed by atoms with Crippen molar-refractivity contribution in [1.82, 2.24) is 9.80 Å². The van der Waals surface area contributed by atoms with Gasteiger partial charge in [0.15, 0.2) is 0 Å². The Morgan fingerprint density at radius 2 is 1.68 bits per heavy atom. The Labute approximate surface area is 126 Å². The van der Waals surface area contributed by atoms with Gasteiger partial charge in [-0.2, -0.15) is 0 Å². The van der Waals surface area contributed by atoms with Crippen molar-refractivity contribution >= 4 is 23.5 Å². The van der Waals surface area contributed by atoms with Crippen LogP contribution in [0.2, 0.25) is 0 Å². The molecule has 0 radical (unpaired) electrons. The Balaban J connectivity index is 2.27. The van der Waals surface area contributed by atoms with Gasteiger partial charge in [-0.15, -0.1) is 0 Å². The predicted octanol–water partition coefficient (Wildman–Crippen LogP) is 1.54. The van der Waals surface area contributed by atoms with Gasteiger partial charge in [-0.25, -0.2) is 4.79 Å². The number of nitro benzene ring substituents is 1. The van der Waals surface area contributed by atoms with E-state index in [1.54, 1.807) is 6.07 Å². The van der Waals surface area contributed by atoms with E-state index in [1.165, 1.54) is 18.2 Å². The third kappa shape index (κ3) is 2.80. The molecule has 0 aliphatic carbocycles. The van der Waals surface area contributed by atoms with Crippen molar-refractivity contribution in [3.05, 3.63) is 39.9 Å². The lowest BCUT2D eigenvalue weighted by molar-refractivity contribution is -0.385. The maximum absolute atomic E-state index is 12.2. The van der Waals surface area contributed by atoms with Crippen LogP contribution in [0.25, 0.3) is 0 Å². The van der Waals surface area contributed by atoms with Gasteiger partial charge in [-0.05, 0) is 5.92 Å². The maximum atomic E-state index is 12.2. The van der Waals surface area contributed by atoms with Crippen molar-refractivity contribution in [2.75, 3.05) is 6.54 Å². The molecule has 8 nitrogen and oxygen atoms in total. The summed E-state index contributed by atoms with van der Waals surface area (Å²) in [5, 5.41) is 11.0. The van der Waals surface area contributed by atoms with Crippen LogP contribution in [0.4, 0.5) is 10.5 Å². The highest BCUT2D eigenvalue weighted by atomic mass is 16.6. The molecule has 2 rings (SSSR count). The molecule has 0 unspecified atom stereocenters. The molecule has 0 saturated carbocycles. The molecule has 0 bridgehead atoms. The molecular formula is C14H15N3O5. The Kier molecular flexibility index (Phi) is 4.20. The Hall–Kier alpha value is -2.77. The predicted molar refractivity (Wildman–Crippen MR) is 75.6 cm³/mol. The number of nitro groups is 1. The van der Waals surface area contributed by atoms with Crippen molar-refractivity contribution in [1.29, 1.82) is 0 Å². The van der Waals surface area contributed by atoms with Gasteiger partial charge in [0.1, 0.15) is 0 Å². The first-order chi connectivity index (χ1) is 10.3. The highest BCUT2D eigenvalue weighted by molar-refractivity contribution is 6.44. The van der Waals surface area contributed by atoms with Crippen LogP contribution in [0.15, 0.2) is 24.3 Å². The number of nitrogens with zero attached hydrogens (tertiary/aromatic N) is 3. The normalized spacial score (nSPS) is 15.1. The third-order valence-corrected chi connectivity index (χ3v) is 3.20. The molecule has 1 aliphatic rings. The van der Waals surface area contributed by atoms with Crippen LogP contribution in [0.1, 0.15) is 19.4 Å². The van der Waals surface area contributed by atoms with E-state index in [-0.39, 0.29) is 30.3 Å². The third-order valence-electron chi connectivity index (χ3n) is 3.20. The molecule has 4 amide bonds. The van der Waals surface area contributed by atoms with Crippen molar-refractivity contribution < 1.29 is 19.3 Å². The number of carbonyl (C=O) groups excluding carboxylic acids is 3. The molecule has 1 aromatic carbocycles. The van der Waals surface area contributed by atoms with E-state index in [1.807, 2.05) is 13.8 Å². The lowest BCUT2D eigenvalue weighted by Crippen LogP contribution is -2.35. The van der Waals surface area contributed by atoms with Crippen molar-refractivity contribution in [3.63, 3.8) is 0 Å². The highest BCUT2D eigenvalue weighted by Crippen LogP contribution is 2.23. The molecule has 1 fully saturated rings. The minimum absolute atomic E-state index is 0.0201. The number of hydrogen-bond acceptors (Lipinski definition) is 5. The molecule has 8 heteroatoms. The standard InChI is InChI=1S/C14H15N3O5/c1-9(2)7-15-12(18)13(19)16(14(15)20)8-10-5-3-4-6-11(10)17(21)22/h3-6,9H,7-8H2,1-2H3. The quantitative estimate of drug-likeness (QED) is 0.355. The molecule has 116 valence electrons. The van der Waals surface area contributed by atoms with Gasteiger partial charge in [0.25, 0.3) is 5.69 Å². The first kappa shape index (κ1) is 15.6. The van der Waals surface area contributed by atoms with Crippen LogP contribution in [0, 0.1) is 16.0 Å². The van der Waals surface area contributed by atoms with Gasteiger partial charge < -0.3 is 0 Å². The number of amides is 4. The van der Waals surface area contributed by atoms with E-state index in [0.29, 0.717) is 0 Å². The molecule has 1 saturated heterocycles. The summed E-state index contributed by atoms with van der Waals surface area (Å²) in [6.07, 6.45) is 0. The summed E-state index contributed by atoms with van der Waals surface area (Å²) < 4.78 is 0. The van der Waals surface area contributed by atoms with Gasteiger partial charge >= 0.3 is 17.8 Å². The molecule has 1 aliphatic heterocycles. The zero-order chi connectivity index (χ0) is 16.4. The first-order valence-corrected chi connectivity index (χ1v) is 6.72. The number of para-hydroxylation sites is 1. The van der Waals surface area contributed by atoms with Gasteiger partial charge in [0.05, 0.1) is 11.5 Å². The second-order valence-corrected chi connectivity index (χ2v) is 5.37. The van der Waals surface area contributed by atoms with Crippen LogP contribution in [-0.4, -0.2) is 39.1 Å². The molecule has 1 heterocycles. The zero-order valence-electron chi connectivity index (χ0n) is 12.2. The summed E-state index contributed by atoms with van der Waals surface area (Å²) in [6, 6.07) is 5.07. The summed E-state index contributed by atoms with van der Waals surface area (Å²) in [6.45, 7) is 3.47. The molecule has 0 spiro atoms. The fourth-order valence-electron chi connectivity index (χ4n) is 2.21. The SMILES string of the molecule is CC(C)CN1C(=O)C(=O)N(Cc2ccccc2[N+](=O)[O-])C1=O. The molecule has 0 N–H and O–H groups in total. The number of carbonyl (C=O) groups is 3. The Bertz CT molecular complexity index is 656. The van der Waals surface area contributed by atoms with E-state index in [4.69, 9.17) is 0 Å². The minimum atomic E-state index is -0.955. The summed E-state index contributed by atoms with van der Waals surface area (Å²) >= 11 is 0. The molecule has 0 aromatic heterocycles. The van der Waals surface area contributed by atoms with E-state index in [0.717, 1.165) is 9.80 Å². The van der Waals surface area contributed by atoms with Gasteiger partial charge in [-0.1, -0.05) is 32.0 Å². The maximum Gasteiger partial charge on any atom is 0.334 e. The van der Waals surface area contributed by atoms with Crippen LogP contribution in [0.5, 0.6) is 0 Å². The largest absolute Gasteiger partial charge is 0.334 e. The van der Waals surface area contributed by atoms with Crippen LogP contribution in [-0.2, 0) is 16.1 Å². The van der Waals surface area contributed by atoms with Crippen LogP contribution < -0.4 is 0 Å². The number of imide groups is 2. The topological polar surface area (TPSA) is 101 Å². The van der Waals surface area contributed by atoms with Crippen molar-refractivity contribution in [2.24, 2.45) is 5.92 Å². The summed E-state index contributed by atoms with van der Waals surface area (Å²) in [7, 11) is 0. The van der Waals surface area contributed by atoms with E-state index >= 15 is 0 Å².